The number of benzene rings is 1. The molecule has 28 heavy (non-hydrogen) atoms. The molecule has 1 aromatic heterocycles. The summed E-state index contributed by atoms with van der Waals surface area (Å²) in [5.41, 5.74) is 1.02. The number of methoxy groups -OCH3 is 1. The van der Waals surface area contributed by atoms with Crippen molar-refractivity contribution in [2.24, 2.45) is 0 Å². The fraction of sp³-hybridized carbons (Fsp3) is 0.421. The SMILES string of the molecule is COc1nc(N2CCNCC2)ccc1NS(=O)(=O)c1ccc(C(C)CF)cc1. The van der Waals surface area contributed by atoms with Gasteiger partial charge in [-0.25, -0.2) is 8.42 Å². The van der Waals surface area contributed by atoms with Gasteiger partial charge < -0.3 is 15.0 Å². The van der Waals surface area contributed by atoms with E-state index in [1.807, 2.05) is 0 Å². The van der Waals surface area contributed by atoms with Gasteiger partial charge in [0.05, 0.1) is 18.7 Å². The number of aromatic nitrogens is 1. The fourth-order valence-corrected chi connectivity index (χ4v) is 4.06. The first-order valence-electron chi connectivity index (χ1n) is 9.14. The number of hydrogen-bond acceptors (Lipinski definition) is 6. The van der Waals surface area contributed by atoms with Crippen molar-refractivity contribution in [3.8, 4) is 5.88 Å². The average molecular weight is 408 g/mol. The van der Waals surface area contributed by atoms with E-state index in [1.165, 1.54) is 19.2 Å². The van der Waals surface area contributed by atoms with Crippen molar-refractivity contribution < 1.29 is 17.5 Å². The highest BCUT2D eigenvalue weighted by Gasteiger charge is 2.20. The van der Waals surface area contributed by atoms with Crippen LogP contribution in [0.3, 0.4) is 0 Å². The van der Waals surface area contributed by atoms with Crippen LogP contribution in [0, 0.1) is 0 Å². The summed E-state index contributed by atoms with van der Waals surface area (Å²) >= 11 is 0. The molecule has 3 rings (SSSR count). The second kappa shape index (κ2) is 8.74. The molecule has 0 bridgehead atoms. The lowest BCUT2D eigenvalue weighted by Gasteiger charge is -2.28. The number of alkyl halides is 1. The first-order valence-corrected chi connectivity index (χ1v) is 10.6. The van der Waals surface area contributed by atoms with E-state index in [9.17, 15) is 12.8 Å². The van der Waals surface area contributed by atoms with Gasteiger partial charge in [-0.1, -0.05) is 19.1 Å². The quantitative estimate of drug-likeness (QED) is 0.732. The number of sulfonamides is 1. The van der Waals surface area contributed by atoms with Crippen LogP contribution in [0.25, 0.3) is 0 Å². The molecule has 0 amide bonds. The van der Waals surface area contributed by atoms with E-state index < -0.39 is 16.7 Å². The van der Waals surface area contributed by atoms with Crippen LogP contribution in [0.15, 0.2) is 41.3 Å². The molecule has 1 fully saturated rings. The minimum atomic E-state index is -3.82. The summed E-state index contributed by atoms with van der Waals surface area (Å²) in [7, 11) is -2.37. The van der Waals surface area contributed by atoms with Crippen molar-refractivity contribution in [3.05, 3.63) is 42.0 Å². The standard InChI is InChI=1S/C19H25FN4O3S/c1-14(13-20)15-3-5-16(6-4-15)28(25,26)23-17-7-8-18(22-19(17)27-2)24-11-9-21-10-12-24/h3-8,14,21,23H,9-13H2,1-2H3. The van der Waals surface area contributed by atoms with Gasteiger partial charge in [0.25, 0.3) is 10.0 Å². The van der Waals surface area contributed by atoms with E-state index in [2.05, 4.69) is 19.9 Å². The third-order valence-electron chi connectivity index (χ3n) is 4.72. The molecule has 1 saturated heterocycles. The first-order chi connectivity index (χ1) is 13.4. The Bertz CT molecular complexity index is 900. The molecule has 2 heterocycles. The zero-order chi connectivity index (χ0) is 20.1. The van der Waals surface area contributed by atoms with Crippen LogP contribution in [0.2, 0.25) is 0 Å². The number of pyridine rings is 1. The van der Waals surface area contributed by atoms with E-state index in [4.69, 9.17) is 4.74 Å². The van der Waals surface area contributed by atoms with Crippen LogP contribution in [-0.2, 0) is 10.0 Å². The predicted molar refractivity (Wildman–Crippen MR) is 108 cm³/mol. The van der Waals surface area contributed by atoms with Crippen molar-refractivity contribution in [3.63, 3.8) is 0 Å². The van der Waals surface area contributed by atoms with Gasteiger partial charge in [-0.3, -0.25) is 9.11 Å². The third kappa shape index (κ3) is 4.53. The Hall–Kier alpha value is -2.39. The summed E-state index contributed by atoms with van der Waals surface area (Å²) in [6, 6.07) is 9.62. The summed E-state index contributed by atoms with van der Waals surface area (Å²) in [6.07, 6.45) is 0. The molecule has 2 aromatic rings. The fourth-order valence-electron chi connectivity index (χ4n) is 3.00. The summed E-state index contributed by atoms with van der Waals surface area (Å²) < 4.78 is 46.1. The van der Waals surface area contributed by atoms with Gasteiger partial charge >= 0.3 is 0 Å². The molecule has 0 saturated carbocycles. The van der Waals surface area contributed by atoms with Crippen LogP contribution in [-0.4, -0.2) is 53.4 Å². The Morgan fingerprint density at radius 1 is 1.21 bits per heavy atom. The molecule has 1 atom stereocenters. The molecule has 1 aromatic carbocycles. The zero-order valence-corrected chi connectivity index (χ0v) is 16.8. The van der Waals surface area contributed by atoms with Crippen LogP contribution in [0.1, 0.15) is 18.4 Å². The Labute approximate surface area is 165 Å². The minimum absolute atomic E-state index is 0.0931. The molecule has 1 unspecified atom stereocenters. The topological polar surface area (TPSA) is 83.6 Å². The number of piperazine rings is 1. The second-order valence-electron chi connectivity index (χ2n) is 6.69. The van der Waals surface area contributed by atoms with Gasteiger partial charge in [0, 0.05) is 32.1 Å². The van der Waals surface area contributed by atoms with Crippen molar-refractivity contribution in [2.45, 2.75) is 17.7 Å². The van der Waals surface area contributed by atoms with Crippen LogP contribution < -0.4 is 19.7 Å². The lowest BCUT2D eigenvalue weighted by molar-refractivity contribution is 0.399. The summed E-state index contributed by atoms with van der Waals surface area (Å²) in [5, 5.41) is 3.28. The number of anilines is 2. The summed E-state index contributed by atoms with van der Waals surface area (Å²) in [5.74, 6) is 0.680. The average Bonchev–Trinajstić information content (AvgIpc) is 2.74. The van der Waals surface area contributed by atoms with Gasteiger partial charge in [-0.15, -0.1) is 0 Å². The van der Waals surface area contributed by atoms with Crippen LogP contribution in [0.5, 0.6) is 5.88 Å². The molecule has 0 spiro atoms. The largest absolute Gasteiger partial charge is 0.479 e. The minimum Gasteiger partial charge on any atom is -0.479 e. The van der Waals surface area contributed by atoms with Crippen molar-refractivity contribution >= 4 is 21.5 Å². The van der Waals surface area contributed by atoms with Crippen molar-refractivity contribution in [2.75, 3.05) is 49.6 Å². The number of rotatable bonds is 7. The van der Waals surface area contributed by atoms with Crippen molar-refractivity contribution in [1.29, 1.82) is 0 Å². The Morgan fingerprint density at radius 2 is 1.89 bits per heavy atom. The smallest absolute Gasteiger partial charge is 0.262 e. The molecule has 7 nitrogen and oxygen atoms in total. The third-order valence-corrected chi connectivity index (χ3v) is 6.10. The number of nitrogens with one attached hydrogen (secondary N) is 2. The normalized spacial score (nSPS) is 15.9. The van der Waals surface area contributed by atoms with E-state index in [0.717, 1.165) is 37.6 Å². The Balaban J connectivity index is 1.81. The molecule has 152 valence electrons. The Morgan fingerprint density at radius 3 is 2.50 bits per heavy atom. The van der Waals surface area contributed by atoms with E-state index in [1.54, 1.807) is 31.2 Å². The van der Waals surface area contributed by atoms with Crippen LogP contribution >= 0.6 is 0 Å². The van der Waals surface area contributed by atoms with Gasteiger partial charge in [0.2, 0.25) is 5.88 Å². The molecule has 2 N–H and O–H groups in total. The summed E-state index contributed by atoms with van der Waals surface area (Å²) in [4.78, 5) is 6.65. The predicted octanol–water partition coefficient (Wildman–Crippen LogP) is 2.37. The highest BCUT2D eigenvalue weighted by atomic mass is 32.2. The maximum atomic E-state index is 12.8. The van der Waals surface area contributed by atoms with Gasteiger partial charge in [-0.05, 0) is 29.8 Å². The molecule has 0 radical (unpaired) electrons. The van der Waals surface area contributed by atoms with Gasteiger partial charge in [0.15, 0.2) is 0 Å². The van der Waals surface area contributed by atoms with Gasteiger partial charge in [-0.2, -0.15) is 4.98 Å². The number of ether oxygens (including phenoxy) is 1. The first kappa shape index (κ1) is 20.3. The number of hydrogen-bond donors (Lipinski definition) is 2. The highest BCUT2D eigenvalue weighted by Crippen LogP contribution is 2.28. The van der Waals surface area contributed by atoms with Gasteiger partial charge in [0.1, 0.15) is 11.5 Å². The second-order valence-corrected chi connectivity index (χ2v) is 8.38. The van der Waals surface area contributed by atoms with Crippen molar-refractivity contribution in [1.82, 2.24) is 10.3 Å². The van der Waals surface area contributed by atoms with Crippen LogP contribution in [0.4, 0.5) is 15.9 Å². The molecular formula is C19H25FN4O3S. The molecule has 1 aliphatic rings. The highest BCUT2D eigenvalue weighted by molar-refractivity contribution is 7.92. The Kier molecular flexibility index (Phi) is 6.35. The molecule has 9 heteroatoms. The van der Waals surface area contributed by atoms with E-state index >= 15 is 0 Å². The molecule has 1 aliphatic heterocycles. The van der Waals surface area contributed by atoms with E-state index in [0.29, 0.717) is 0 Å². The zero-order valence-electron chi connectivity index (χ0n) is 16.0. The monoisotopic (exact) mass is 408 g/mol. The molecule has 0 aliphatic carbocycles. The maximum Gasteiger partial charge on any atom is 0.262 e. The lowest BCUT2D eigenvalue weighted by atomic mass is 10.0. The maximum absolute atomic E-state index is 12.8. The van der Waals surface area contributed by atoms with E-state index in [-0.39, 0.29) is 22.4 Å². The lowest BCUT2D eigenvalue weighted by Crippen LogP contribution is -2.43. The number of nitrogens with zero attached hydrogens (tertiary/aromatic N) is 2. The summed E-state index contributed by atoms with van der Waals surface area (Å²) in [6.45, 7) is 4.64. The molecular weight excluding hydrogens is 383 g/mol. The number of halogens is 1.